The third kappa shape index (κ3) is 10.4. The first-order valence-electron chi connectivity index (χ1n) is 21.2. The van der Waals surface area contributed by atoms with E-state index < -0.39 is 0 Å². The summed E-state index contributed by atoms with van der Waals surface area (Å²) in [5.41, 5.74) is 21.4. The van der Waals surface area contributed by atoms with Crippen molar-refractivity contribution in [1.29, 1.82) is 10.5 Å². The summed E-state index contributed by atoms with van der Waals surface area (Å²) in [4.78, 5) is 2.44. The van der Waals surface area contributed by atoms with Gasteiger partial charge in [-0.2, -0.15) is 10.5 Å². The Morgan fingerprint density at radius 2 is 1.34 bits per heavy atom. The van der Waals surface area contributed by atoms with Gasteiger partial charge in [0, 0.05) is 16.9 Å². The first kappa shape index (κ1) is 45.8. The van der Waals surface area contributed by atoms with Crippen molar-refractivity contribution >= 4 is 44.7 Å². The molecule has 0 spiro atoms. The fourth-order valence-corrected chi connectivity index (χ4v) is 8.30. The van der Waals surface area contributed by atoms with Crippen molar-refractivity contribution in [3.8, 4) is 12.1 Å². The summed E-state index contributed by atoms with van der Waals surface area (Å²) in [5, 5.41) is 23.4. The van der Waals surface area contributed by atoms with E-state index in [-0.39, 0.29) is 0 Å². The first-order valence-corrected chi connectivity index (χ1v) is 21.2. The summed E-state index contributed by atoms with van der Waals surface area (Å²) in [7, 11) is 1.50. The van der Waals surface area contributed by atoms with E-state index in [0.717, 1.165) is 48.2 Å². The van der Waals surface area contributed by atoms with Crippen LogP contribution in [0.2, 0.25) is 0 Å². The minimum absolute atomic E-state index is 0.342. The number of allylic oxidation sites excluding steroid dienone is 8. The molecule has 4 nitrogen and oxygen atoms in total. The van der Waals surface area contributed by atoms with E-state index in [2.05, 4.69) is 158 Å². The fraction of sp³-hybridized carbons (Fsp3) is 0.309. The molecule has 0 saturated carbocycles. The summed E-state index contributed by atoms with van der Waals surface area (Å²) in [6.45, 7) is 25.9. The Morgan fingerprint density at radius 1 is 0.729 bits per heavy atom. The highest BCUT2D eigenvalue weighted by atomic mass is 15.1. The van der Waals surface area contributed by atoms with Crippen molar-refractivity contribution in [3.05, 3.63) is 165 Å². The van der Waals surface area contributed by atoms with Crippen molar-refractivity contribution in [2.24, 2.45) is 5.73 Å². The minimum atomic E-state index is 0.342. The molecule has 0 amide bonds. The normalized spacial score (nSPS) is 13.1. The first-order chi connectivity index (χ1) is 28.4. The van der Waals surface area contributed by atoms with E-state index in [1.165, 1.54) is 78.8 Å². The second kappa shape index (κ2) is 21.2. The summed E-state index contributed by atoms with van der Waals surface area (Å²) < 4.78 is 0. The molecule has 5 aromatic carbocycles. The Bertz CT molecular complexity index is 2490. The number of nitrogens with two attached hydrogens (primary N) is 1. The molecule has 2 aliphatic rings. The molecular formula is C55H64N4. The largest absolute Gasteiger partial charge is 0.333 e. The number of anilines is 3. The topological polar surface area (TPSA) is 76.8 Å². The number of rotatable bonds is 8. The van der Waals surface area contributed by atoms with Gasteiger partial charge in [-0.25, -0.2) is 0 Å². The molecule has 5 aromatic rings. The second-order valence-corrected chi connectivity index (χ2v) is 15.8. The van der Waals surface area contributed by atoms with Gasteiger partial charge in [0.25, 0.3) is 0 Å². The summed E-state index contributed by atoms with van der Waals surface area (Å²) in [5.74, 6) is 0.761. The zero-order chi connectivity index (χ0) is 43.4. The van der Waals surface area contributed by atoms with Crippen LogP contribution in [0.15, 0.2) is 120 Å². The van der Waals surface area contributed by atoms with Crippen LogP contribution in [-0.2, 0) is 12.8 Å². The molecule has 0 unspecified atom stereocenters. The summed E-state index contributed by atoms with van der Waals surface area (Å²) in [6.07, 6.45) is 16.3. The maximum atomic E-state index is 9.60. The average Bonchev–Trinajstić information content (AvgIpc) is 3.25. The van der Waals surface area contributed by atoms with Gasteiger partial charge >= 0.3 is 0 Å². The maximum Gasteiger partial charge on any atom is 0.0991 e. The van der Waals surface area contributed by atoms with Crippen LogP contribution in [0.3, 0.4) is 0 Å². The van der Waals surface area contributed by atoms with Gasteiger partial charge in [-0.3, -0.25) is 0 Å². The molecule has 0 radical (unpaired) electrons. The predicted molar refractivity (Wildman–Crippen MR) is 257 cm³/mol. The smallest absolute Gasteiger partial charge is 0.0991 e. The molecule has 0 saturated heterocycles. The van der Waals surface area contributed by atoms with Gasteiger partial charge in [-0.15, -0.1) is 0 Å². The Labute approximate surface area is 355 Å². The maximum absolute atomic E-state index is 9.60. The van der Waals surface area contributed by atoms with Gasteiger partial charge in [0.05, 0.1) is 23.4 Å². The van der Waals surface area contributed by atoms with Crippen molar-refractivity contribution in [2.75, 3.05) is 11.9 Å². The third-order valence-corrected chi connectivity index (χ3v) is 10.8. The van der Waals surface area contributed by atoms with Crippen LogP contribution >= 0.6 is 0 Å². The molecule has 304 valence electrons. The predicted octanol–water partition coefficient (Wildman–Crippen LogP) is 15.2. The van der Waals surface area contributed by atoms with Gasteiger partial charge in [0.1, 0.15) is 0 Å². The fourth-order valence-electron chi connectivity index (χ4n) is 8.30. The van der Waals surface area contributed by atoms with E-state index >= 15 is 0 Å². The van der Waals surface area contributed by atoms with E-state index in [1.807, 2.05) is 44.2 Å². The van der Waals surface area contributed by atoms with Crippen LogP contribution in [0, 0.1) is 36.5 Å². The standard InChI is InChI=1S/C45H46N2.C7H7N.C2H6.CH5N/c1-10-29(6)19-30(7)21-34-24-41(27(2)3)38-17-18-40-43(25-42(28(4)5)39-16-15-37(34)44(38)45(39)40)47(35-13-11-33(26-46)12-14-35)36-22-31(8)20-32(9)23-36;8-6-7-4-2-1-3-5-7;2*1-2/h10-16,19-25,27-28H,1,17-18H2,2-9H3;1-2,4H,3,5H2;1-2H3;2H2,1H3/b29-19-,30-21-;;;. The van der Waals surface area contributed by atoms with Crippen molar-refractivity contribution < 1.29 is 0 Å². The Morgan fingerprint density at radius 3 is 1.88 bits per heavy atom. The Kier molecular flexibility index (Phi) is 16.4. The van der Waals surface area contributed by atoms with Crippen LogP contribution in [0.5, 0.6) is 0 Å². The van der Waals surface area contributed by atoms with Gasteiger partial charge < -0.3 is 10.6 Å². The van der Waals surface area contributed by atoms with Gasteiger partial charge in [0.2, 0.25) is 0 Å². The van der Waals surface area contributed by atoms with Crippen molar-refractivity contribution in [2.45, 2.75) is 107 Å². The van der Waals surface area contributed by atoms with Gasteiger partial charge in [-0.1, -0.05) is 114 Å². The van der Waals surface area contributed by atoms with E-state index in [4.69, 9.17) is 5.26 Å². The summed E-state index contributed by atoms with van der Waals surface area (Å²) >= 11 is 0. The van der Waals surface area contributed by atoms with Crippen LogP contribution in [0.25, 0.3) is 27.6 Å². The molecule has 4 heteroatoms. The van der Waals surface area contributed by atoms with Crippen LogP contribution < -0.4 is 10.6 Å². The molecule has 0 aromatic heterocycles. The third-order valence-electron chi connectivity index (χ3n) is 10.8. The molecular weight excluding hydrogens is 717 g/mol. The molecule has 7 rings (SSSR count). The lowest BCUT2D eigenvalue weighted by molar-refractivity contribution is 0.830. The lowest BCUT2D eigenvalue weighted by atomic mass is 9.77. The number of aryl methyl sites for hydroxylation is 4. The van der Waals surface area contributed by atoms with Crippen LogP contribution in [0.1, 0.15) is 125 Å². The Hall–Kier alpha value is -5.94. The molecule has 2 aliphatic carbocycles. The molecule has 0 atom stereocenters. The molecule has 2 N–H and O–H groups in total. The second-order valence-electron chi connectivity index (χ2n) is 15.8. The number of hydrogen-bond donors (Lipinski definition) is 1. The molecule has 0 fully saturated rings. The lowest BCUT2D eigenvalue weighted by Gasteiger charge is -2.33. The van der Waals surface area contributed by atoms with E-state index in [0.29, 0.717) is 17.4 Å². The van der Waals surface area contributed by atoms with Gasteiger partial charge in [-0.05, 0) is 181 Å². The lowest BCUT2D eigenvalue weighted by Crippen LogP contribution is -2.16. The zero-order valence-electron chi connectivity index (χ0n) is 37.4. The monoisotopic (exact) mass is 781 g/mol. The molecule has 0 aliphatic heterocycles. The number of nitriles is 2. The highest BCUT2D eigenvalue weighted by Gasteiger charge is 2.28. The van der Waals surface area contributed by atoms with Crippen LogP contribution in [-0.4, -0.2) is 7.05 Å². The number of hydrogen-bond acceptors (Lipinski definition) is 4. The minimum Gasteiger partial charge on any atom is -0.333 e. The highest BCUT2D eigenvalue weighted by molar-refractivity contribution is 6.17. The summed E-state index contributed by atoms with van der Waals surface area (Å²) in [6, 6.07) is 29.0. The van der Waals surface area contributed by atoms with Crippen molar-refractivity contribution in [3.63, 3.8) is 0 Å². The SMILES string of the molecule is C=C/C(C)=C\C(C)=C/c1cc(C(C)C)c2c3c1ccc1c(C(C)C)cc(N(c4ccc(C#N)cc4)c4cc(C)cc(C)c4)c(c13)CC2.CC.CN.N#CC1=CC=CCC1. The number of benzene rings is 5. The van der Waals surface area contributed by atoms with E-state index in [1.54, 1.807) is 0 Å². The van der Waals surface area contributed by atoms with Gasteiger partial charge in [0.15, 0.2) is 0 Å². The van der Waals surface area contributed by atoms with E-state index in [9.17, 15) is 5.26 Å². The quantitative estimate of drug-likeness (QED) is 0.126. The average molecular weight is 781 g/mol. The zero-order valence-corrected chi connectivity index (χ0v) is 37.4. The number of nitrogens with zero attached hydrogens (tertiary/aromatic N) is 3. The molecule has 0 bridgehead atoms. The van der Waals surface area contributed by atoms with Crippen molar-refractivity contribution in [1.82, 2.24) is 0 Å². The van der Waals surface area contributed by atoms with Crippen LogP contribution in [0.4, 0.5) is 17.1 Å². The Balaban J connectivity index is 0.000000561. The molecule has 59 heavy (non-hydrogen) atoms. The molecule has 0 heterocycles. The highest BCUT2D eigenvalue weighted by Crippen LogP contribution is 2.49.